The first-order valence-electron chi connectivity index (χ1n) is 10.2. The van der Waals surface area contributed by atoms with Crippen molar-refractivity contribution in [2.75, 3.05) is 6.61 Å². The van der Waals surface area contributed by atoms with Crippen LogP contribution in [0.5, 0.6) is 11.5 Å². The highest BCUT2D eigenvalue weighted by Crippen LogP contribution is 2.47. The zero-order valence-corrected chi connectivity index (χ0v) is 17.0. The van der Waals surface area contributed by atoms with E-state index in [4.69, 9.17) is 14.6 Å². The Morgan fingerprint density at radius 1 is 1.07 bits per heavy atom. The van der Waals surface area contributed by atoms with Crippen LogP contribution in [0.1, 0.15) is 40.9 Å². The molecule has 0 bridgehead atoms. The van der Waals surface area contributed by atoms with Gasteiger partial charge in [0.05, 0.1) is 11.8 Å². The molecule has 3 aromatic rings. The van der Waals surface area contributed by atoms with Crippen LogP contribution in [0, 0.1) is 6.92 Å². The number of benzene rings is 3. The van der Waals surface area contributed by atoms with Crippen molar-refractivity contribution in [2.24, 2.45) is 5.10 Å². The van der Waals surface area contributed by atoms with Crippen molar-refractivity contribution in [1.82, 2.24) is 5.01 Å². The van der Waals surface area contributed by atoms with Crippen LogP contribution in [0.3, 0.4) is 0 Å². The predicted octanol–water partition coefficient (Wildman–Crippen LogP) is 5.80. The number of fused-ring (bicyclic) bond motifs is 3. The highest BCUT2D eigenvalue weighted by atomic mass is 16.5. The molecule has 0 spiro atoms. The summed E-state index contributed by atoms with van der Waals surface area (Å²) in [5, 5.41) is 7.13. The lowest BCUT2D eigenvalue weighted by Crippen LogP contribution is -2.33. The molecule has 0 amide bonds. The van der Waals surface area contributed by atoms with E-state index in [0.717, 1.165) is 29.2 Å². The maximum Gasteiger partial charge on any atom is 0.213 e. The van der Waals surface area contributed by atoms with E-state index in [0.29, 0.717) is 6.61 Å². The van der Waals surface area contributed by atoms with E-state index in [2.05, 4.69) is 54.9 Å². The van der Waals surface area contributed by atoms with Crippen LogP contribution in [0.4, 0.5) is 0 Å². The quantitative estimate of drug-likeness (QED) is 0.511. The Morgan fingerprint density at radius 3 is 2.60 bits per heavy atom. The lowest BCUT2D eigenvalue weighted by atomic mass is 9.95. The van der Waals surface area contributed by atoms with E-state index in [1.807, 2.05) is 36.4 Å². The normalized spacial score (nSPS) is 19.4. The number of hydrogen-bond acceptors (Lipinski definition) is 4. The van der Waals surface area contributed by atoms with Crippen LogP contribution in [0.25, 0.3) is 0 Å². The summed E-state index contributed by atoms with van der Waals surface area (Å²) >= 11 is 0. The fourth-order valence-corrected chi connectivity index (χ4v) is 4.06. The molecule has 150 valence electrons. The Balaban J connectivity index is 1.51. The van der Waals surface area contributed by atoms with Crippen LogP contribution in [0.2, 0.25) is 0 Å². The molecular formula is C26H24N2O2. The second-order valence-corrected chi connectivity index (χ2v) is 7.69. The second kappa shape index (κ2) is 7.71. The summed E-state index contributed by atoms with van der Waals surface area (Å²) in [6.07, 6.45) is 2.33. The summed E-state index contributed by atoms with van der Waals surface area (Å²) in [7, 11) is 0. The predicted molar refractivity (Wildman–Crippen MR) is 119 cm³/mol. The highest BCUT2D eigenvalue weighted by Gasteiger charge is 2.40. The maximum atomic E-state index is 6.42. The van der Waals surface area contributed by atoms with E-state index in [9.17, 15) is 0 Å². The van der Waals surface area contributed by atoms with Gasteiger partial charge >= 0.3 is 0 Å². The Bertz CT molecular complexity index is 1090. The van der Waals surface area contributed by atoms with Gasteiger partial charge in [-0.15, -0.1) is 0 Å². The zero-order chi connectivity index (χ0) is 20.5. The fraction of sp³-hybridized carbons (Fsp3) is 0.192. The monoisotopic (exact) mass is 396 g/mol. The molecule has 0 radical (unpaired) electrons. The van der Waals surface area contributed by atoms with Crippen LogP contribution in [-0.2, 0) is 0 Å². The van der Waals surface area contributed by atoms with E-state index in [1.54, 1.807) is 6.08 Å². The number of hydrazone groups is 1. The Morgan fingerprint density at radius 2 is 1.83 bits per heavy atom. The number of ether oxygens (including phenoxy) is 2. The van der Waals surface area contributed by atoms with E-state index in [1.165, 1.54) is 16.7 Å². The minimum absolute atomic E-state index is 0.160. The van der Waals surface area contributed by atoms with Crippen molar-refractivity contribution in [3.8, 4) is 11.5 Å². The molecule has 2 atom stereocenters. The SMILES string of the molecule is C=CCOc1ccc([C@H]2Oc3ccccc3[C@@H]3CC(c4ccc(C)cc4)=NN23)cc1. The molecule has 2 aliphatic rings. The van der Waals surface area contributed by atoms with Crippen molar-refractivity contribution < 1.29 is 9.47 Å². The van der Waals surface area contributed by atoms with Gasteiger partial charge in [-0.3, -0.25) is 0 Å². The van der Waals surface area contributed by atoms with Crippen LogP contribution < -0.4 is 9.47 Å². The van der Waals surface area contributed by atoms with Crippen LogP contribution in [-0.4, -0.2) is 17.3 Å². The molecule has 0 aliphatic carbocycles. The van der Waals surface area contributed by atoms with Gasteiger partial charge in [-0.25, -0.2) is 5.01 Å². The second-order valence-electron chi connectivity index (χ2n) is 7.69. The lowest BCUT2D eigenvalue weighted by molar-refractivity contribution is -0.0190. The summed E-state index contributed by atoms with van der Waals surface area (Å²) < 4.78 is 12.0. The average molecular weight is 396 g/mol. The molecule has 0 saturated heterocycles. The Kier molecular flexibility index (Phi) is 4.75. The smallest absolute Gasteiger partial charge is 0.213 e. The molecule has 0 saturated carbocycles. The molecular weight excluding hydrogens is 372 g/mol. The molecule has 30 heavy (non-hydrogen) atoms. The Labute approximate surface area is 177 Å². The van der Waals surface area contributed by atoms with Crippen molar-refractivity contribution in [3.63, 3.8) is 0 Å². The van der Waals surface area contributed by atoms with Gasteiger partial charge in [0.1, 0.15) is 18.1 Å². The molecule has 0 aromatic heterocycles. The van der Waals surface area contributed by atoms with Crippen molar-refractivity contribution >= 4 is 5.71 Å². The first kappa shape index (κ1) is 18.5. The summed E-state index contributed by atoms with van der Waals surface area (Å²) in [5.74, 6) is 1.74. The summed E-state index contributed by atoms with van der Waals surface area (Å²) in [5.41, 5.74) is 5.75. The van der Waals surface area contributed by atoms with Crippen molar-refractivity contribution in [2.45, 2.75) is 25.6 Å². The molecule has 0 fully saturated rings. The highest BCUT2D eigenvalue weighted by molar-refractivity contribution is 6.02. The molecule has 3 aromatic carbocycles. The number of aryl methyl sites for hydroxylation is 1. The Hall–Kier alpha value is -3.53. The topological polar surface area (TPSA) is 34.1 Å². The molecule has 0 unspecified atom stereocenters. The third kappa shape index (κ3) is 3.35. The van der Waals surface area contributed by atoms with Gasteiger partial charge in [0.2, 0.25) is 6.23 Å². The van der Waals surface area contributed by atoms with E-state index in [-0.39, 0.29) is 12.3 Å². The van der Waals surface area contributed by atoms with Crippen molar-refractivity contribution in [3.05, 3.63) is 108 Å². The maximum absolute atomic E-state index is 6.42. The van der Waals surface area contributed by atoms with Crippen LogP contribution in [0.15, 0.2) is 90.6 Å². The van der Waals surface area contributed by atoms with Gasteiger partial charge in [0.25, 0.3) is 0 Å². The first-order chi connectivity index (χ1) is 14.7. The molecule has 2 aliphatic heterocycles. The minimum atomic E-state index is -0.277. The van der Waals surface area contributed by atoms with E-state index < -0.39 is 0 Å². The number of rotatable bonds is 5. The van der Waals surface area contributed by atoms with Gasteiger partial charge in [-0.1, -0.05) is 60.7 Å². The van der Waals surface area contributed by atoms with Gasteiger partial charge in [0.15, 0.2) is 0 Å². The summed E-state index contributed by atoms with van der Waals surface area (Å²) in [6.45, 7) is 6.29. The molecule has 0 N–H and O–H groups in total. The first-order valence-corrected chi connectivity index (χ1v) is 10.2. The van der Waals surface area contributed by atoms with Crippen molar-refractivity contribution in [1.29, 1.82) is 0 Å². The van der Waals surface area contributed by atoms with Crippen LogP contribution >= 0.6 is 0 Å². The largest absolute Gasteiger partial charge is 0.490 e. The summed E-state index contributed by atoms with van der Waals surface area (Å²) in [6, 6.07) is 25.1. The number of nitrogens with zero attached hydrogens (tertiary/aromatic N) is 2. The molecule has 2 heterocycles. The van der Waals surface area contributed by atoms with Gasteiger partial charge in [-0.2, -0.15) is 5.10 Å². The molecule has 5 rings (SSSR count). The minimum Gasteiger partial charge on any atom is -0.490 e. The fourth-order valence-electron chi connectivity index (χ4n) is 4.06. The third-order valence-electron chi connectivity index (χ3n) is 5.62. The van der Waals surface area contributed by atoms with Gasteiger partial charge < -0.3 is 9.47 Å². The van der Waals surface area contributed by atoms with Gasteiger partial charge in [-0.05, 0) is 42.8 Å². The number of hydrogen-bond donors (Lipinski definition) is 0. The standard InChI is InChI=1S/C26H24N2O2/c1-3-16-29-21-14-12-20(13-15-21)26-28-24(22-6-4-5-7-25(22)30-26)17-23(27-28)19-10-8-18(2)9-11-19/h3-15,24,26H,1,16-17H2,2H3/t24-,26+/m0/s1. The average Bonchev–Trinajstić information content (AvgIpc) is 3.24. The van der Waals surface area contributed by atoms with Gasteiger partial charge in [0, 0.05) is 17.5 Å². The molecule has 4 nitrogen and oxygen atoms in total. The third-order valence-corrected chi connectivity index (χ3v) is 5.62. The van der Waals surface area contributed by atoms with E-state index >= 15 is 0 Å². The summed E-state index contributed by atoms with van der Waals surface area (Å²) in [4.78, 5) is 0. The lowest BCUT2D eigenvalue weighted by Gasteiger charge is -2.38. The number of para-hydroxylation sites is 1. The molecule has 4 heteroatoms. The zero-order valence-electron chi connectivity index (χ0n) is 17.0.